The number of hydrogen-bond acceptors (Lipinski definition) is 1. The summed E-state index contributed by atoms with van der Waals surface area (Å²) in [7, 11) is 0. The van der Waals surface area contributed by atoms with Crippen LogP contribution in [-0.2, 0) is 4.74 Å². The predicted octanol–water partition coefficient (Wildman–Crippen LogP) is 2.32. The molecular weight excluding hydrogens is 180 g/mol. The van der Waals surface area contributed by atoms with Crippen LogP contribution < -0.4 is 0 Å². The molecule has 0 saturated heterocycles. The number of halogens is 1. The molecule has 2 heteroatoms. The van der Waals surface area contributed by atoms with Gasteiger partial charge in [0, 0.05) is 11.1 Å². The van der Waals surface area contributed by atoms with Crippen LogP contribution in [0.15, 0.2) is 11.1 Å². The second-order valence-corrected chi connectivity index (χ2v) is 3.60. The van der Waals surface area contributed by atoms with Crippen molar-refractivity contribution in [3.05, 3.63) is 11.1 Å². The Morgan fingerprint density at radius 2 is 2.33 bits per heavy atom. The zero-order chi connectivity index (χ0) is 6.69. The maximum absolute atomic E-state index is 5.27. The number of rotatable bonds is 4. The Morgan fingerprint density at radius 1 is 1.67 bits per heavy atom. The monoisotopic (exact) mass is 190 g/mol. The van der Waals surface area contributed by atoms with Crippen LogP contribution in [0.25, 0.3) is 0 Å². The van der Waals surface area contributed by atoms with E-state index in [0.29, 0.717) is 6.61 Å². The molecule has 0 radical (unpaired) electrons. The zero-order valence-electron chi connectivity index (χ0n) is 5.40. The highest BCUT2D eigenvalue weighted by molar-refractivity contribution is 9.11. The number of hydrogen-bond donors (Lipinski definition) is 0. The summed E-state index contributed by atoms with van der Waals surface area (Å²) in [6.45, 7) is 5.25. The third kappa shape index (κ3) is 3.71. The van der Waals surface area contributed by atoms with Crippen LogP contribution in [0.2, 0.25) is 0 Å². The van der Waals surface area contributed by atoms with Crippen LogP contribution in [-0.4, -0.2) is 13.2 Å². The molecule has 0 aromatic carbocycles. The van der Waals surface area contributed by atoms with E-state index in [1.807, 2.05) is 0 Å². The Bertz CT molecular complexity index is 107. The van der Waals surface area contributed by atoms with Crippen LogP contribution in [0.4, 0.5) is 0 Å². The van der Waals surface area contributed by atoms with Gasteiger partial charge in [0.05, 0.1) is 6.61 Å². The van der Waals surface area contributed by atoms with Gasteiger partial charge >= 0.3 is 0 Å². The third-order valence-corrected chi connectivity index (χ3v) is 1.54. The Kier molecular flexibility index (Phi) is 2.73. The van der Waals surface area contributed by atoms with E-state index in [9.17, 15) is 0 Å². The van der Waals surface area contributed by atoms with Crippen molar-refractivity contribution in [3.63, 3.8) is 0 Å². The quantitative estimate of drug-likeness (QED) is 0.662. The minimum Gasteiger partial charge on any atom is -0.376 e. The first kappa shape index (κ1) is 7.29. The first-order valence-electron chi connectivity index (χ1n) is 3.20. The molecule has 0 unspecified atom stereocenters. The molecule has 0 aliphatic heterocycles. The lowest BCUT2D eigenvalue weighted by molar-refractivity contribution is 0.150. The van der Waals surface area contributed by atoms with Crippen molar-refractivity contribution in [1.29, 1.82) is 0 Å². The normalized spacial score (nSPS) is 17.9. The first-order valence-corrected chi connectivity index (χ1v) is 3.99. The molecule has 1 aliphatic carbocycles. The van der Waals surface area contributed by atoms with Crippen LogP contribution in [0, 0.1) is 5.92 Å². The summed E-state index contributed by atoms with van der Waals surface area (Å²) < 4.78 is 6.21. The lowest BCUT2D eigenvalue weighted by Gasteiger charge is -1.98. The summed E-state index contributed by atoms with van der Waals surface area (Å²) >= 11 is 3.23. The van der Waals surface area contributed by atoms with E-state index >= 15 is 0 Å². The Hall–Kier alpha value is 0.180. The standard InChI is InChI=1S/C7H11BrO/c1-6(8)4-9-5-7-2-3-7/h7H,1-5H2. The molecule has 0 amide bonds. The van der Waals surface area contributed by atoms with Gasteiger partial charge in [0.1, 0.15) is 0 Å². The SMILES string of the molecule is C=C(Br)COCC1CC1. The van der Waals surface area contributed by atoms with E-state index in [-0.39, 0.29) is 0 Å². The van der Waals surface area contributed by atoms with E-state index in [4.69, 9.17) is 4.74 Å². The van der Waals surface area contributed by atoms with Gasteiger partial charge in [0.25, 0.3) is 0 Å². The zero-order valence-corrected chi connectivity index (χ0v) is 6.99. The summed E-state index contributed by atoms with van der Waals surface area (Å²) in [5.74, 6) is 0.858. The predicted molar refractivity (Wildman–Crippen MR) is 41.6 cm³/mol. The summed E-state index contributed by atoms with van der Waals surface area (Å²) in [5, 5.41) is 0. The molecule has 52 valence electrons. The van der Waals surface area contributed by atoms with Crippen molar-refractivity contribution >= 4 is 15.9 Å². The van der Waals surface area contributed by atoms with Gasteiger partial charge in [-0.2, -0.15) is 0 Å². The van der Waals surface area contributed by atoms with Gasteiger partial charge in [-0.3, -0.25) is 0 Å². The minimum atomic E-state index is 0.663. The van der Waals surface area contributed by atoms with Gasteiger partial charge in [-0.15, -0.1) is 0 Å². The van der Waals surface area contributed by atoms with Gasteiger partial charge in [-0.1, -0.05) is 22.5 Å². The van der Waals surface area contributed by atoms with Crippen LogP contribution in [0.1, 0.15) is 12.8 Å². The Morgan fingerprint density at radius 3 is 2.78 bits per heavy atom. The third-order valence-electron chi connectivity index (χ3n) is 1.31. The Balaban J connectivity index is 1.86. The molecule has 0 bridgehead atoms. The van der Waals surface area contributed by atoms with Gasteiger partial charge < -0.3 is 4.74 Å². The van der Waals surface area contributed by atoms with E-state index in [0.717, 1.165) is 17.0 Å². The molecule has 0 spiro atoms. The van der Waals surface area contributed by atoms with Crippen molar-refractivity contribution in [2.24, 2.45) is 5.92 Å². The molecule has 9 heavy (non-hydrogen) atoms. The van der Waals surface area contributed by atoms with Crippen LogP contribution >= 0.6 is 15.9 Å². The largest absolute Gasteiger partial charge is 0.376 e. The lowest BCUT2D eigenvalue weighted by atomic mass is 10.5. The lowest BCUT2D eigenvalue weighted by Crippen LogP contribution is -1.96. The van der Waals surface area contributed by atoms with Gasteiger partial charge in [-0.25, -0.2) is 0 Å². The highest BCUT2D eigenvalue weighted by Gasteiger charge is 2.20. The van der Waals surface area contributed by atoms with Gasteiger partial charge in [-0.05, 0) is 18.8 Å². The highest BCUT2D eigenvalue weighted by atomic mass is 79.9. The number of ether oxygens (including phenoxy) is 1. The molecule has 0 N–H and O–H groups in total. The van der Waals surface area contributed by atoms with E-state index in [2.05, 4.69) is 22.5 Å². The smallest absolute Gasteiger partial charge is 0.0775 e. The molecule has 0 aromatic heterocycles. The summed E-state index contributed by atoms with van der Waals surface area (Å²) in [4.78, 5) is 0. The summed E-state index contributed by atoms with van der Waals surface area (Å²) in [6, 6.07) is 0. The second kappa shape index (κ2) is 3.37. The van der Waals surface area contributed by atoms with E-state index in [1.54, 1.807) is 0 Å². The van der Waals surface area contributed by atoms with E-state index in [1.165, 1.54) is 12.8 Å². The summed E-state index contributed by atoms with van der Waals surface area (Å²) in [6.07, 6.45) is 2.71. The fraction of sp³-hybridized carbons (Fsp3) is 0.714. The van der Waals surface area contributed by atoms with Gasteiger partial charge in [0.15, 0.2) is 0 Å². The average Bonchev–Trinajstić information content (AvgIpc) is 2.48. The molecule has 1 aliphatic rings. The van der Waals surface area contributed by atoms with E-state index < -0.39 is 0 Å². The molecule has 1 rings (SSSR count). The fourth-order valence-corrected chi connectivity index (χ4v) is 0.783. The van der Waals surface area contributed by atoms with Crippen LogP contribution in [0.3, 0.4) is 0 Å². The Labute approximate surface area is 64.2 Å². The molecule has 0 aromatic rings. The first-order chi connectivity index (χ1) is 4.29. The molecule has 0 atom stereocenters. The van der Waals surface area contributed by atoms with Crippen molar-refractivity contribution in [3.8, 4) is 0 Å². The molecule has 1 fully saturated rings. The highest BCUT2D eigenvalue weighted by Crippen LogP contribution is 2.28. The summed E-state index contributed by atoms with van der Waals surface area (Å²) in [5.41, 5.74) is 0. The maximum atomic E-state index is 5.27. The van der Waals surface area contributed by atoms with Gasteiger partial charge in [0.2, 0.25) is 0 Å². The molecule has 0 heterocycles. The average molecular weight is 191 g/mol. The van der Waals surface area contributed by atoms with Crippen molar-refractivity contribution < 1.29 is 4.74 Å². The van der Waals surface area contributed by atoms with Crippen molar-refractivity contribution in [2.75, 3.05) is 13.2 Å². The van der Waals surface area contributed by atoms with Crippen molar-refractivity contribution in [2.45, 2.75) is 12.8 Å². The molecule has 1 nitrogen and oxygen atoms in total. The molecular formula is C7H11BrO. The minimum absolute atomic E-state index is 0.663. The topological polar surface area (TPSA) is 9.23 Å². The van der Waals surface area contributed by atoms with Crippen LogP contribution in [0.5, 0.6) is 0 Å². The van der Waals surface area contributed by atoms with Crippen molar-refractivity contribution in [1.82, 2.24) is 0 Å². The second-order valence-electron chi connectivity index (χ2n) is 2.48. The fourth-order valence-electron chi connectivity index (χ4n) is 0.621. The maximum Gasteiger partial charge on any atom is 0.0775 e. The molecule has 1 saturated carbocycles.